The van der Waals surface area contributed by atoms with Gasteiger partial charge in [0.1, 0.15) is 0 Å². The second-order valence-electron chi connectivity index (χ2n) is 10.7. The van der Waals surface area contributed by atoms with Crippen LogP contribution in [0.25, 0.3) is 10.9 Å². The number of piperidine rings is 1. The van der Waals surface area contributed by atoms with E-state index >= 15 is 0 Å². The summed E-state index contributed by atoms with van der Waals surface area (Å²) in [6.07, 6.45) is 0.462. The number of fused-ring (bicyclic) bond motifs is 4. The number of ether oxygens (including phenoxy) is 1. The number of aromatic amines is 2. The van der Waals surface area contributed by atoms with Crippen LogP contribution in [0.5, 0.6) is 0 Å². The van der Waals surface area contributed by atoms with Crippen LogP contribution in [0.3, 0.4) is 0 Å². The van der Waals surface area contributed by atoms with Crippen molar-refractivity contribution in [1.29, 1.82) is 0 Å². The first-order chi connectivity index (χ1) is 16.8. The number of hydrogen-bond acceptors (Lipinski definition) is 5. The zero-order chi connectivity index (χ0) is 24.2. The van der Waals surface area contributed by atoms with E-state index in [0.717, 1.165) is 79.7 Å². The predicted octanol–water partition coefficient (Wildman–Crippen LogP) is 4.44. The van der Waals surface area contributed by atoms with Crippen molar-refractivity contribution in [2.75, 3.05) is 32.8 Å². The predicted molar refractivity (Wildman–Crippen MR) is 124 cm³/mol. The SMILES string of the molecule is C[C@H]1c2c([nH]c3ccc(C(F)(F)F)cc23)C[C@H]2CCN(CCC3(c4nnn[nH]4)CCOCC3)C[C@@H]21. The van der Waals surface area contributed by atoms with E-state index < -0.39 is 11.7 Å². The van der Waals surface area contributed by atoms with Crippen LogP contribution in [0.15, 0.2) is 18.2 Å². The number of tetrazole rings is 1. The van der Waals surface area contributed by atoms with Crippen LogP contribution in [0, 0.1) is 11.8 Å². The van der Waals surface area contributed by atoms with E-state index in [4.69, 9.17) is 4.74 Å². The number of likely N-dealkylation sites (tertiary alicyclic amines) is 1. The van der Waals surface area contributed by atoms with E-state index in [1.54, 1.807) is 6.07 Å². The third-order valence-corrected chi connectivity index (χ3v) is 8.91. The molecule has 2 N–H and O–H groups in total. The molecule has 2 aromatic heterocycles. The molecule has 188 valence electrons. The standard InChI is InChI=1S/C25H31F3N6O/c1-15-19-14-34(9-5-24(6-10-35-11-7-24)23-30-32-33-31-23)8-4-16(19)12-21-22(15)18-13-17(25(26,27)28)2-3-20(18)29-21/h2-3,13,15-16,19,29H,4-12,14H2,1H3,(H,30,31,32,33)/t15-,16-,19-/m1/s1. The van der Waals surface area contributed by atoms with Crippen molar-refractivity contribution >= 4 is 10.9 Å². The Kier molecular flexibility index (Phi) is 5.63. The van der Waals surface area contributed by atoms with Gasteiger partial charge in [0.2, 0.25) is 0 Å². The second-order valence-corrected chi connectivity index (χ2v) is 10.7. The summed E-state index contributed by atoms with van der Waals surface area (Å²) in [5.74, 6) is 2.05. The van der Waals surface area contributed by atoms with Crippen molar-refractivity contribution in [2.24, 2.45) is 11.8 Å². The Balaban J connectivity index is 1.21. The highest BCUT2D eigenvalue weighted by Gasteiger charge is 2.42. The normalized spacial score (nSPS) is 27.0. The van der Waals surface area contributed by atoms with Gasteiger partial charge in [0, 0.05) is 41.8 Å². The average Bonchev–Trinajstić information content (AvgIpc) is 3.51. The summed E-state index contributed by atoms with van der Waals surface area (Å²) in [6, 6.07) is 4.10. The van der Waals surface area contributed by atoms with Crippen LogP contribution in [-0.2, 0) is 22.7 Å². The minimum atomic E-state index is -4.33. The lowest BCUT2D eigenvalue weighted by Gasteiger charge is -2.45. The first-order valence-corrected chi connectivity index (χ1v) is 12.6. The molecule has 0 saturated carbocycles. The Morgan fingerprint density at radius 3 is 2.80 bits per heavy atom. The molecule has 10 heteroatoms. The largest absolute Gasteiger partial charge is 0.416 e. The van der Waals surface area contributed by atoms with Gasteiger partial charge >= 0.3 is 6.18 Å². The molecule has 0 spiro atoms. The number of aromatic nitrogens is 5. The molecule has 0 radical (unpaired) electrons. The van der Waals surface area contributed by atoms with Gasteiger partial charge in [-0.2, -0.15) is 13.2 Å². The molecule has 2 aliphatic heterocycles. The molecule has 0 unspecified atom stereocenters. The average molecular weight is 489 g/mol. The van der Waals surface area contributed by atoms with Crippen molar-refractivity contribution in [3.05, 3.63) is 40.8 Å². The lowest BCUT2D eigenvalue weighted by atomic mass is 9.68. The van der Waals surface area contributed by atoms with E-state index in [1.807, 2.05) is 0 Å². The molecule has 0 bridgehead atoms. The summed E-state index contributed by atoms with van der Waals surface area (Å²) in [7, 11) is 0. The third-order valence-electron chi connectivity index (χ3n) is 8.91. The molecule has 1 aromatic carbocycles. The fourth-order valence-electron chi connectivity index (χ4n) is 6.85. The van der Waals surface area contributed by atoms with Gasteiger partial charge in [0.05, 0.1) is 5.56 Å². The van der Waals surface area contributed by atoms with Crippen molar-refractivity contribution < 1.29 is 17.9 Å². The molecule has 3 aliphatic rings. The Hall–Kier alpha value is -2.46. The Labute approximate surface area is 201 Å². The molecular weight excluding hydrogens is 457 g/mol. The highest BCUT2D eigenvalue weighted by molar-refractivity contribution is 5.86. The highest BCUT2D eigenvalue weighted by Crippen LogP contribution is 2.47. The van der Waals surface area contributed by atoms with Crippen LogP contribution in [0.2, 0.25) is 0 Å². The van der Waals surface area contributed by atoms with Crippen LogP contribution in [-0.4, -0.2) is 63.4 Å². The van der Waals surface area contributed by atoms with E-state index in [9.17, 15) is 13.2 Å². The topological polar surface area (TPSA) is 82.7 Å². The van der Waals surface area contributed by atoms with Crippen molar-refractivity contribution in [2.45, 2.75) is 56.5 Å². The minimum absolute atomic E-state index is 0.0885. The number of hydrogen-bond donors (Lipinski definition) is 2. The van der Waals surface area contributed by atoms with Gasteiger partial charge in [0.25, 0.3) is 0 Å². The maximum Gasteiger partial charge on any atom is 0.416 e. The maximum atomic E-state index is 13.4. The molecule has 2 saturated heterocycles. The molecule has 1 aliphatic carbocycles. The van der Waals surface area contributed by atoms with E-state index in [1.165, 1.54) is 12.1 Å². The molecule has 2 fully saturated rings. The van der Waals surface area contributed by atoms with Gasteiger partial charge < -0.3 is 14.6 Å². The Bertz CT molecular complexity index is 1180. The second kappa shape index (κ2) is 8.58. The van der Waals surface area contributed by atoms with E-state index in [0.29, 0.717) is 25.0 Å². The molecule has 4 heterocycles. The molecule has 3 atom stereocenters. The lowest BCUT2D eigenvalue weighted by Crippen LogP contribution is -2.47. The number of nitrogens with one attached hydrogen (secondary N) is 2. The van der Waals surface area contributed by atoms with Gasteiger partial charge in [-0.05, 0) is 97.1 Å². The fraction of sp³-hybridized carbons (Fsp3) is 0.640. The number of nitrogens with zero attached hydrogens (tertiary/aromatic N) is 4. The van der Waals surface area contributed by atoms with E-state index in [2.05, 4.69) is 37.4 Å². The third kappa shape index (κ3) is 4.04. The minimum Gasteiger partial charge on any atom is -0.381 e. The summed E-state index contributed by atoms with van der Waals surface area (Å²) in [6.45, 7) is 6.60. The van der Waals surface area contributed by atoms with Crippen LogP contribution < -0.4 is 0 Å². The van der Waals surface area contributed by atoms with Gasteiger partial charge in [-0.1, -0.05) is 6.92 Å². The first-order valence-electron chi connectivity index (χ1n) is 12.6. The molecule has 7 nitrogen and oxygen atoms in total. The lowest BCUT2D eigenvalue weighted by molar-refractivity contribution is -0.137. The summed E-state index contributed by atoms with van der Waals surface area (Å²) < 4.78 is 45.8. The summed E-state index contributed by atoms with van der Waals surface area (Å²) >= 11 is 0. The fourth-order valence-corrected chi connectivity index (χ4v) is 6.85. The Morgan fingerprint density at radius 2 is 2.06 bits per heavy atom. The van der Waals surface area contributed by atoms with Gasteiger partial charge in [-0.3, -0.25) is 0 Å². The smallest absolute Gasteiger partial charge is 0.381 e. The van der Waals surface area contributed by atoms with Crippen molar-refractivity contribution in [3.8, 4) is 0 Å². The monoisotopic (exact) mass is 488 g/mol. The van der Waals surface area contributed by atoms with Gasteiger partial charge in [-0.25, -0.2) is 5.10 Å². The molecular formula is C25H31F3N6O. The molecule has 3 aromatic rings. The van der Waals surface area contributed by atoms with E-state index in [-0.39, 0.29) is 11.3 Å². The van der Waals surface area contributed by atoms with Gasteiger partial charge in [0.15, 0.2) is 5.82 Å². The van der Waals surface area contributed by atoms with Crippen molar-refractivity contribution in [3.63, 3.8) is 0 Å². The zero-order valence-electron chi connectivity index (χ0n) is 19.9. The quantitative estimate of drug-likeness (QED) is 0.568. The highest BCUT2D eigenvalue weighted by atomic mass is 19.4. The number of alkyl halides is 3. The summed E-state index contributed by atoms with van der Waals surface area (Å²) in [5, 5.41) is 15.6. The Morgan fingerprint density at radius 1 is 1.23 bits per heavy atom. The molecule has 0 amide bonds. The molecule has 6 rings (SSSR count). The molecule has 35 heavy (non-hydrogen) atoms. The maximum absolute atomic E-state index is 13.4. The van der Waals surface area contributed by atoms with Crippen LogP contribution in [0.1, 0.15) is 61.2 Å². The summed E-state index contributed by atoms with van der Waals surface area (Å²) in [4.78, 5) is 5.98. The first kappa shape index (κ1) is 23.0. The number of benzene rings is 1. The van der Waals surface area contributed by atoms with Crippen LogP contribution >= 0.6 is 0 Å². The zero-order valence-corrected chi connectivity index (χ0v) is 19.9. The summed E-state index contributed by atoms with van der Waals surface area (Å²) in [5.41, 5.74) is 2.36. The number of rotatable bonds is 4. The van der Waals surface area contributed by atoms with Crippen molar-refractivity contribution in [1.82, 2.24) is 30.5 Å². The van der Waals surface area contributed by atoms with Crippen LogP contribution in [0.4, 0.5) is 13.2 Å². The number of halogens is 3. The number of H-pyrrole nitrogens is 2. The van der Waals surface area contributed by atoms with Gasteiger partial charge in [-0.15, -0.1) is 5.10 Å².